The molecule has 0 atom stereocenters. The molecule has 0 amide bonds. The Balaban J connectivity index is 1.64. The molecule has 5 rings (SSSR count). The maximum Gasteiger partial charge on any atom is 0.138 e. The van der Waals surface area contributed by atoms with Crippen LogP contribution in [0.2, 0.25) is 0 Å². The van der Waals surface area contributed by atoms with Gasteiger partial charge in [-0.05, 0) is 49.4 Å². The third kappa shape index (κ3) is 3.52. The van der Waals surface area contributed by atoms with Gasteiger partial charge in [0.15, 0.2) is 0 Å². The third-order valence-electron chi connectivity index (χ3n) is 5.81. The van der Waals surface area contributed by atoms with Crippen LogP contribution in [0, 0.1) is 6.92 Å². The third-order valence-corrected chi connectivity index (χ3v) is 5.81. The van der Waals surface area contributed by atoms with Crippen LogP contribution in [0.5, 0.6) is 0 Å². The van der Waals surface area contributed by atoms with Gasteiger partial charge in [0.05, 0.1) is 11.4 Å². The van der Waals surface area contributed by atoms with Crippen LogP contribution in [0.3, 0.4) is 0 Å². The summed E-state index contributed by atoms with van der Waals surface area (Å²) in [5.41, 5.74) is 8.08. The van der Waals surface area contributed by atoms with Crippen LogP contribution < -0.4 is 5.32 Å². The summed E-state index contributed by atoms with van der Waals surface area (Å²) in [5.74, 6) is 1.07. The predicted molar refractivity (Wildman–Crippen MR) is 122 cm³/mol. The minimum Gasteiger partial charge on any atom is -0.353 e. The molecule has 4 heteroatoms. The van der Waals surface area contributed by atoms with E-state index in [1.165, 1.54) is 22.3 Å². The molecule has 0 spiro atoms. The molecule has 1 fully saturated rings. The molecule has 1 saturated heterocycles. The molecule has 2 aliphatic heterocycles. The van der Waals surface area contributed by atoms with Crippen molar-refractivity contribution in [1.29, 1.82) is 0 Å². The topological polar surface area (TPSA) is 30.9 Å². The maximum atomic E-state index is 5.14. The minimum absolute atomic E-state index is 0.992. The van der Waals surface area contributed by atoms with Crippen molar-refractivity contribution in [2.45, 2.75) is 6.92 Å². The summed E-state index contributed by atoms with van der Waals surface area (Å²) in [6.45, 7) is 6.24. The highest BCUT2D eigenvalue weighted by Crippen LogP contribution is 2.36. The number of fused-ring (bicyclic) bond motifs is 2. The minimum atomic E-state index is 0.992. The Morgan fingerprint density at radius 1 is 0.793 bits per heavy atom. The Hall–Kier alpha value is -3.11. The lowest BCUT2D eigenvalue weighted by molar-refractivity contribution is 0.216. The van der Waals surface area contributed by atoms with E-state index in [0.29, 0.717) is 0 Å². The fourth-order valence-corrected chi connectivity index (χ4v) is 4.10. The number of aryl methyl sites for hydroxylation is 1. The van der Waals surface area contributed by atoms with Crippen molar-refractivity contribution in [3.63, 3.8) is 0 Å². The quantitative estimate of drug-likeness (QED) is 0.639. The summed E-state index contributed by atoms with van der Waals surface area (Å²) in [6, 6.07) is 23.7. The van der Waals surface area contributed by atoms with Gasteiger partial charge in [0.2, 0.25) is 0 Å². The van der Waals surface area contributed by atoms with Crippen LogP contribution in [0.25, 0.3) is 11.1 Å². The lowest BCUT2D eigenvalue weighted by atomic mass is 9.99. The van der Waals surface area contributed by atoms with E-state index in [4.69, 9.17) is 4.99 Å². The van der Waals surface area contributed by atoms with Crippen molar-refractivity contribution in [3.05, 3.63) is 77.9 Å². The van der Waals surface area contributed by atoms with E-state index in [2.05, 4.69) is 95.8 Å². The molecule has 2 heterocycles. The zero-order valence-corrected chi connectivity index (χ0v) is 17.0. The zero-order valence-electron chi connectivity index (χ0n) is 17.0. The van der Waals surface area contributed by atoms with Crippen molar-refractivity contribution < 1.29 is 0 Å². The van der Waals surface area contributed by atoms with Crippen LogP contribution in [-0.2, 0) is 0 Å². The molecule has 0 aromatic heterocycles. The highest BCUT2D eigenvalue weighted by atomic mass is 15.3. The van der Waals surface area contributed by atoms with E-state index < -0.39 is 0 Å². The van der Waals surface area contributed by atoms with Crippen molar-refractivity contribution in [2.75, 3.05) is 38.5 Å². The first kappa shape index (κ1) is 18.0. The van der Waals surface area contributed by atoms with E-state index in [1.54, 1.807) is 0 Å². The Morgan fingerprint density at radius 3 is 2.41 bits per heavy atom. The Bertz CT molecular complexity index is 1080. The van der Waals surface area contributed by atoms with Gasteiger partial charge in [0, 0.05) is 37.4 Å². The van der Waals surface area contributed by atoms with Gasteiger partial charge in [-0.15, -0.1) is 0 Å². The Morgan fingerprint density at radius 2 is 1.59 bits per heavy atom. The van der Waals surface area contributed by atoms with Gasteiger partial charge in [-0.1, -0.05) is 48.0 Å². The largest absolute Gasteiger partial charge is 0.353 e. The molecule has 3 aromatic carbocycles. The molecular formula is C25H26N4. The van der Waals surface area contributed by atoms with Crippen LogP contribution in [0.15, 0.2) is 71.7 Å². The highest BCUT2D eigenvalue weighted by Gasteiger charge is 2.24. The van der Waals surface area contributed by atoms with E-state index in [0.717, 1.165) is 49.1 Å². The van der Waals surface area contributed by atoms with Crippen molar-refractivity contribution in [1.82, 2.24) is 9.80 Å². The first-order chi connectivity index (χ1) is 14.2. The van der Waals surface area contributed by atoms with Crippen LogP contribution in [-0.4, -0.2) is 48.9 Å². The van der Waals surface area contributed by atoms with Gasteiger partial charge in [-0.3, -0.25) is 0 Å². The molecule has 0 bridgehead atoms. The number of para-hydroxylation sites is 2. The van der Waals surface area contributed by atoms with E-state index >= 15 is 0 Å². The number of anilines is 2. The lowest BCUT2D eigenvalue weighted by Crippen LogP contribution is -2.47. The van der Waals surface area contributed by atoms with Gasteiger partial charge in [-0.2, -0.15) is 0 Å². The van der Waals surface area contributed by atoms with Gasteiger partial charge in [0.25, 0.3) is 0 Å². The molecule has 2 aliphatic rings. The highest BCUT2D eigenvalue weighted by molar-refractivity contribution is 6.08. The average molecular weight is 383 g/mol. The van der Waals surface area contributed by atoms with Gasteiger partial charge in [0.1, 0.15) is 5.84 Å². The number of aliphatic imine (C=N–C) groups is 1. The molecular weight excluding hydrogens is 356 g/mol. The number of amidine groups is 1. The van der Waals surface area contributed by atoms with Gasteiger partial charge < -0.3 is 15.1 Å². The fourth-order valence-electron chi connectivity index (χ4n) is 4.10. The molecule has 3 aromatic rings. The standard InChI is InChI=1S/C25H26N4/c1-18-6-5-7-19(16-18)20-10-11-22-21(17-20)25(29-14-12-28(2)13-15-29)27-24-9-4-3-8-23(24)26-22/h3-11,16-17,26H,12-15H2,1-2H3. The van der Waals surface area contributed by atoms with E-state index in [-0.39, 0.29) is 0 Å². The summed E-state index contributed by atoms with van der Waals surface area (Å²) >= 11 is 0. The summed E-state index contributed by atoms with van der Waals surface area (Å²) in [4.78, 5) is 9.96. The number of hydrogen-bond acceptors (Lipinski definition) is 4. The fraction of sp³-hybridized carbons (Fsp3) is 0.240. The van der Waals surface area contributed by atoms with Gasteiger partial charge in [-0.25, -0.2) is 4.99 Å². The summed E-state index contributed by atoms with van der Waals surface area (Å²) < 4.78 is 0. The number of likely N-dealkylation sites (N-methyl/N-ethyl adjacent to an activating group) is 1. The zero-order chi connectivity index (χ0) is 19.8. The smallest absolute Gasteiger partial charge is 0.138 e. The monoisotopic (exact) mass is 382 g/mol. The number of nitrogens with one attached hydrogen (secondary N) is 1. The summed E-state index contributed by atoms with van der Waals surface area (Å²) in [5, 5.41) is 3.62. The average Bonchev–Trinajstić information content (AvgIpc) is 2.90. The molecule has 1 N–H and O–H groups in total. The molecule has 29 heavy (non-hydrogen) atoms. The maximum absolute atomic E-state index is 5.14. The first-order valence-electron chi connectivity index (χ1n) is 10.3. The number of hydrogen-bond donors (Lipinski definition) is 1. The number of nitrogens with zero attached hydrogens (tertiary/aromatic N) is 3. The number of rotatable bonds is 1. The summed E-state index contributed by atoms with van der Waals surface area (Å²) in [7, 11) is 2.19. The van der Waals surface area contributed by atoms with Gasteiger partial charge >= 0.3 is 0 Å². The first-order valence-corrected chi connectivity index (χ1v) is 10.3. The van der Waals surface area contributed by atoms with Crippen molar-refractivity contribution in [2.24, 2.45) is 4.99 Å². The normalized spacial score (nSPS) is 16.3. The van der Waals surface area contributed by atoms with Crippen molar-refractivity contribution >= 4 is 22.9 Å². The van der Waals surface area contributed by atoms with E-state index in [9.17, 15) is 0 Å². The molecule has 4 nitrogen and oxygen atoms in total. The van der Waals surface area contributed by atoms with Crippen LogP contribution in [0.4, 0.5) is 17.1 Å². The van der Waals surface area contributed by atoms with Crippen molar-refractivity contribution in [3.8, 4) is 11.1 Å². The number of piperazine rings is 1. The molecule has 0 unspecified atom stereocenters. The second-order valence-corrected chi connectivity index (χ2v) is 8.00. The SMILES string of the molecule is Cc1cccc(-c2ccc3c(c2)C(N2CCN(C)CC2)=Nc2ccccc2N3)c1. The van der Waals surface area contributed by atoms with E-state index in [1.807, 2.05) is 0 Å². The Kier molecular flexibility index (Phi) is 4.57. The second kappa shape index (κ2) is 7.37. The van der Waals surface area contributed by atoms with Crippen LogP contribution >= 0.6 is 0 Å². The molecule has 0 radical (unpaired) electrons. The Labute approximate surface area is 172 Å². The molecule has 146 valence electrons. The van der Waals surface area contributed by atoms with Crippen LogP contribution in [0.1, 0.15) is 11.1 Å². The number of benzene rings is 3. The molecule has 0 aliphatic carbocycles. The second-order valence-electron chi connectivity index (χ2n) is 8.00. The predicted octanol–water partition coefficient (Wildman–Crippen LogP) is 5.04. The summed E-state index contributed by atoms with van der Waals surface area (Å²) in [6.07, 6.45) is 0. The molecule has 0 saturated carbocycles. The lowest BCUT2D eigenvalue weighted by Gasteiger charge is -2.35.